The van der Waals surface area contributed by atoms with Crippen molar-refractivity contribution < 1.29 is 14.6 Å². The highest BCUT2D eigenvalue weighted by Gasteiger charge is 2.37. The van der Waals surface area contributed by atoms with Crippen LogP contribution in [0.2, 0.25) is 0 Å². The monoisotopic (exact) mass is 198 g/mol. The molecule has 14 heavy (non-hydrogen) atoms. The molecule has 1 atom stereocenters. The lowest BCUT2D eigenvalue weighted by molar-refractivity contribution is -0.132. The molecule has 0 amide bonds. The maximum atomic E-state index is 10.4. The van der Waals surface area contributed by atoms with Gasteiger partial charge in [0.2, 0.25) is 0 Å². The summed E-state index contributed by atoms with van der Waals surface area (Å²) in [5, 5.41) is 8.59. The van der Waals surface area contributed by atoms with E-state index in [1.54, 1.807) is 13.0 Å². The Kier molecular flexibility index (Phi) is 3.69. The van der Waals surface area contributed by atoms with Crippen molar-refractivity contribution in [3.63, 3.8) is 0 Å². The predicted octanol–water partition coefficient (Wildman–Crippen LogP) is 2.37. The lowest BCUT2D eigenvalue weighted by Gasteiger charge is -2.02. The van der Waals surface area contributed by atoms with E-state index in [1.807, 2.05) is 0 Å². The highest BCUT2D eigenvalue weighted by molar-refractivity contribution is 5.85. The lowest BCUT2D eigenvalue weighted by atomic mass is 10.0. The fourth-order valence-corrected chi connectivity index (χ4v) is 1.32. The minimum absolute atomic E-state index is 0.144. The Morgan fingerprint density at radius 3 is 2.71 bits per heavy atom. The van der Waals surface area contributed by atoms with Crippen LogP contribution in [0.15, 0.2) is 11.6 Å². The molecule has 0 spiro atoms. The Hall–Kier alpha value is -0.830. The molecule has 0 aromatic rings. The average Bonchev–Trinajstić information content (AvgIpc) is 2.83. The first-order valence-electron chi connectivity index (χ1n) is 5.07. The van der Waals surface area contributed by atoms with E-state index in [9.17, 15) is 4.79 Å². The number of ether oxygens (including phenoxy) is 1. The van der Waals surface area contributed by atoms with Crippen LogP contribution in [0.5, 0.6) is 0 Å². The van der Waals surface area contributed by atoms with Gasteiger partial charge in [0.05, 0.1) is 12.2 Å². The van der Waals surface area contributed by atoms with Crippen molar-refractivity contribution in [2.24, 2.45) is 0 Å². The molecule has 0 saturated carbocycles. The van der Waals surface area contributed by atoms with Gasteiger partial charge in [-0.3, -0.25) is 0 Å². The molecule has 1 aliphatic rings. The van der Waals surface area contributed by atoms with Gasteiger partial charge < -0.3 is 9.84 Å². The molecule has 0 radical (unpaired) electrons. The number of allylic oxidation sites excluding steroid dienone is 1. The summed E-state index contributed by atoms with van der Waals surface area (Å²) in [6, 6.07) is 0. The van der Waals surface area contributed by atoms with Crippen LogP contribution in [-0.2, 0) is 9.53 Å². The number of epoxide rings is 1. The molecule has 1 unspecified atom stereocenters. The number of rotatable bonds is 6. The van der Waals surface area contributed by atoms with Crippen LogP contribution in [0.3, 0.4) is 0 Å². The van der Waals surface area contributed by atoms with E-state index >= 15 is 0 Å². The van der Waals surface area contributed by atoms with Crippen LogP contribution in [-0.4, -0.2) is 23.3 Å². The zero-order chi connectivity index (χ0) is 10.6. The van der Waals surface area contributed by atoms with Crippen molar-refractivity contribution >= 4 is 5.97 Å². The van der Waals surface area contributed by atoms with Crippen molar-refractivity contribution in [3.8, 4) is 0 Å². The smallest absolute Gasteiger partial charge is 0.330 e. The number of hydrogen-bond donors (Lipinski definition) is 1. The quantitative estimate of drug-likeness (QED) is 0.405. The van der Waals surface area contributed by atoms with Crippen molar-refractivity contribution in [3.05, 3.63) is 11.6 Å². The molecule has 0 aliphatic carbocycles. The Morgan fingerprint density at radius 2 is 2.21 bits per heavy atom. The highest BCUT2D eigenvalue weighted by atomic mass is 16.6. The van der Waals surface area contributed by atoms with Gasteiger partial charge in [0.25, 0.3) is 0 Å². The molecule has 1 rings (SSSR count). The van der Waals surface area contributed by atoms with Gasteiger partial charge in [-0.2, -0.15) is 0 Å². The Balaban J connectivity index is 2.04. The van der Waals surface area contributed by atoms with Gasteiger partial charge in [-0.15, -0.1) is 0 Å². The summed E-state index contributed by atoms with van der Waals surface area (Å²) in [7, 11) is 0. The van der Waals surface area contributed by atoms with Crippen LogP contribution < -0.4 is 0 Å². The predicted molar refractivity (Wildman–Crippen MR) is 54.2 cm³/mol. The van der Waals surface area contributed by atoms with E-state index in [4.69, 9.17) is 9.84 Å². The molecule has 80 valence electrons. The summed E-state index contributed by atoms with van der Waals surface area (Å²) < 4.78 is 5.25. The topological polar surface area (TPSA) is 49.8 Å². The number of carboxylic acid groups (broad SMARTS) is 1. The standard InChI is InChI=1S/C11H18O3/c1-9(10(12)13)6-4-3-5-7-11(2)8-14-11/h6H,3-5,7-8H2,1-2H3,(H,12,13). The number of hydrogen-bond acceptors (Lipinski definition) is 2. The molecule has 0 aromatic carbocycles. The van der Waals surface area contributed by atoms with Gasteiger partial charge in [-0.05, 0) is 33.1 Å². The third-order valence-electron chi connectivity index (χ3n) is 2.58. The van der Waals surface area contributed by atoms with E-state index in [1.165, 1.54) is 0 Å². The third kappa shape index (κ3) is 3.92. The lowest BCUT2D eigenvalue weighted by Crippen LogP contribution is -2.02. The van der Waals surface area contributed by atoms with Crippen LogP contribution in [0.1, 0.15) is 39.5 Å². The number of carboxylic acids is 1. The Bertz CT molecular complexity index is 239. The number of aliphatic carboxylic acids is 1. The maximum Gasteiger partial charge on any atom is 0.330 e. The molecule has 3 nitrogen and oxygen atoms in total. The second kappa shape index (κ2) is 4.60. The van der Waals surface area contributed by atoms with Crippen molar-refractivity contribution in [1.82, 2.24) is 0 Å². The van der Waals surface area contributed by atoms with Gasteiger partial charge in [0.1, 0.15) is 0 Å². The third-order valence-corrected chi connectivity index (χ3v) is 2.58. The normalized spacial score (nSPS) is 26.3. The van der Waals surface area contributed by atoms with E-state index in [0.717, 1.165) is 32.3 Å². The van der Waals surface area contributed by atoms with Gasteiger partial charge in [-0.1, -0.05) is 12.5 Å². The van der Waals surface area contributed by atoms with E-state index < -0.39 is 5.97 Å². The van der Waals surface area contributed by atoms with Gasteiger partial charge in [0.15, 0.2) is 0 Å². The summed E-state index contributed by atoms with van der Waals surface area (Å²) >= 11 is 0. The molecular formula is C11H18O3. The minimum Gasteiger partial charge on any atom is -0.478 e. The summed E-state index contributed by atoms with van der Waals surface area (Å²) in [5.74, 6) is -0.817. The SMILES string of the molecule is CC(=CCCCCC1(C)CO1)C(=O)O. The molecule has 3 heteroatoms. The number of unbranched alkanes of at least 4 members (excludes halogenated alkanes) is 2. The first-order valence-corrected chi connectivity index (χ1v) is 5.07. The zero-order valence-electron chi connectivity index (χ0n) is 8.88. The fraction of sp³-hybridized carbons (Fsp3) is 0.727. The summed E-state index contributed by atoms with van der Waals surface area (Å²) in [6.45, 7) is 4.63. The minimum atomic E-state index is -0.817. The maximum absolute atomic E-state index is 10.4. The van der Waals surface area contributed by atoms with Crippen LogP contribution >= 0.6 is 0 Å². The molecule has 1 heterocycles. The van der Waals surface area contributed by atoms with Crippen molar-refractivity contribution in [2.75, 3.05) is 6.61 Å². The van der Waals surface area contributed by atoms with Gasteiger partial charge in [-0.25, -0.2) is 4.79 Å². The molecule has 0 bridgehead atoms. The van der Waals surface area contributed by atoms with Crippen LogP contribution in [0, 0.1) is 0 Å². The second-order valence-electron chi connectivity index (χ2n) is 4.18. The van der Waals surface area contributed by atoms with E-state index in [0.29, 0.717) is 5.57 Å². The van der Waals surface area contributed by atoms with E-state index in [-0.39, 0.29) is 5.60 Å². The van der Waals surface area contributed by atoms with Crippen molar-refractivity contribution in [1.29, 1.82) is 0 Å². The molecule has 1 aliphatic heterocycles. The summed E-state index contributed by atoms with van der Waals surface area (Å²) in [4.78, 5) is 10.4. The molecular weight excluding hydrogens is 180 g/mol. The summed E-state index contributed by atoms with van der Waals surface area (Å²) in [5.41, 5.74) is 0.588. The fourth-order valence-electron chi connectivity index (χ4n) is 1.32. The molecule has 1 N–H and O–H groups in total. The van der Waals surface area contributed by atoms with Crippen molar-refractivity contribution in [2.45, 2.75) is 45.1 Å². The van der Waals surface area contributed by atoms with Crippen LogP contribution in [0.4, 0.5) is 0 Å². The average molecular weight is 198 g/mol. The molecule has 1 fully saturated rings. The zero-order valence-corrected chi connectivity index (χ0v) is 8.88. The number of carbonyl (C=O) groups is 1. The first kappa shape index (κ1) is 11.2. The molecule has 1 saturated heterocycles. The highest BCUT2D eigenvalue weighted by Crippen LogP contribution is 2.31. The Labute approximate surface area is 84.8 Å². The largest absolute Gasteiger partial charge is 0.478 e. The second-order valence-corrected chi connectivity index (χ2v) is 4.18. The van der Waals surface area contributed by atoms with Gasteiger partial charge in [0, 0.05) is 5.57 Å². The Morgan fingerprint density at radius 1 is 1.57 bits per heavy atom. The molecule has 0 aromatic heterocycles. The first-order chi connectivity index (χ1) is 6.53. The van der Waals surface area contributed by atoms with Crippen LogP contribution in [0.25, 0.3) is 0 Å². The van der Waals surface area contributed by atoms with Gasteiger partial charge >= 0.3 is 5.97 Å². The summed E-state index contributed by atoms with van der Waals surface area (Å²) in [6.07, 6.45) is 5.89. The van der Waals surface area contributed by atoms with E-state index in [2.05, 4.69) is 6.92 Å².